The molecule has 38 heavy (non-hydrogen) atoms. The number of hydrogen-bond acceptors (Lipinski definition) is 2. The summed E-state index contributed by atoms with van der Waals surface area (Å²) in [6, 6.07) is 45.3. The van der Waals surface area contributed by atoms with Gasteiger partial charge < -0.3 is 0 Å². The van der Waals surface area contributed by atoms with Gasteiger partial charge >= 0.3 is 0 Å². The molecule has 1 nitrogen and oxygen atoms in total. The average Bonchev–Trinajstić information content (AvgIpc) is 3.42. The van der Waals surface area contributed by atoms with E-state index in [0.717, 1.165) is 32.8 Å². The Balaban J connectivity index is 1.14. The van der Waals surface area contributed by atoms with E-state index in [1.54, 1.807) is 11.3 Å². The van der Waals surface area contributed by atoms with Crippen molar-refractivity contribution in [1.82, 2.24) is 4.98 Å². The first-order valence-electron chi connectivity index (χ1n) is 12.6. The molecule has 7 rings (SSSR count). The van der Waals surface area contributed by atoms with E-state index in [1.807, 2.05) is 18.2 Å². The molecular formula is C35H22FNS. The summed E-state index contributed by atoms with van der Waals surface area (Å²) in [6.07, 6.45) is 0. The Hall–Kier alpha value is -4.60. The van der Waals surface area contributed by atoms with Crippen LogP contribution in [0.4, 0.5) is 4.39 Å². The maximum atomic E-state index is 13.2. The zero-order valence-corrected chi connectivity index (χ0v) is 21.3. The minimum absolute atomic E-state index is 0.217. The molecule has 0 amide bonds. The van der Waals surface area contributed by atoms with Gasteiger partial charge in [-0.2, -0.15) is 0 Å². The fraction of sp³-hybridized carbons (Fsp3) is 0. The number of rotatable bonds is 4. The number of hydrogen-bond donors (Lipinski definition) is 0. The van der Waals surface area contributed by atoms with Crippen LogP contribution in [0, 0.1) is 5.82 Å². The first-order valence-corrected chi connectivity index (χ1v) is 13.4. The number of benzene rings is 6. The number of fused-ring (bicyclic) bond motifs is 2. The van der Waals surface area contributed by atoms with Gasteiger partial charge in [-0.3, -0.25) is 0 Å². The minimum atomic E-state index is -0.217. The van der Waals surface area contributed by atoms with Crippen LogP contribution in [0.2, 0.25) is 0 Å². The summed E-state index contributed by atoms with van der Waals surface area (Å²) in [7, 11) is 0. The Labute approximate surface area is 224 Å². The number of para-hydroxylation sites is 1. The van der Waals surface area contributed by atoms with E-state index in [0.29, 0.717) is 0 Å². The molecule has 6 aromatic carbocycles. The highest BCUT2D eigenvalue weighted by atomic mass is 32.1. The zero-order chi connectivity index (χ0) is 25.5. The molecule has 0 aliphatic heterocycles. The molecular weight excluding hydrogens is 485 g/mol. The number of aromatic nitrogens is 1. The van der Waals surface area contributed by atoms with Crippen molar-refractivity contribution in [2.45, 2.75) is 0 Å². The maximum Gasteiger partial charge on any atom is 0.124 e. The third kappa shape index (κ3) is 4.27. The predicted octanol–water partition coefficient (Wildman–Crippen LogP) is 10.3. The lowest BCUT2D eigenvalue weighted by molar-refractivity contribution is 0.628. The van der Waals surface area contributed by atoms with Gasteiger partial charge in [0.25, 0.3) is 0 Å². The molecule has 0 saturated heterocycles. The molecule has 0 fully saturated rings. The number of thiazole rings is 1. The SMILES string of the molecule is Fc1ccc(-c2ccc(-c3ccc4cc(-c5ccc(-c6nc7ccccc7s6)cc5)ccc4c3)cc2)cc1. The van der Waals surface area contributed by atoms with Crippen LogP contribution in [0.5, 0.6) is 0 Å². The Morgan fingerprint density at radius 2 is 0.895 bits per heavy atom. The summed E-state index contributed by atoms with van der Waals surface area (Å²) < 4.78 is 14.5. The van der Waals surface area contributed by atoms with E-state index < -0.39 is 0 Å². The summed E-state index contributed by atoms with van der Waals surface area (Å²) in [5.74, 6) is -0.217. The standard InChI is InChI=1S/C35H22FNS/c36-32-19-17-24(18-20-32)23-5-7-25(8-6-23)28-13-15-31-22-29(14-16-30(31)21-28)26-9-11-27(12-10-26)35-37-33-3-1-2-4-34(33)38-35/h1-22H. The van der Waals surface area contributed by atoms with Gasteiger partial charge in [0, 0.05) is 5.56 Å². The van der Waals surface area contributed by atoms with Gasteiger partial charge in [0.1, 0.15) is 10.8 Å². The van der Waals surface area contributed by atoms with Gasteiger partial charge in [-0.05, 0) is 80.6 Å². The summed E-state index contributed by atoms with van der Waals surface area (Å²) in [6.45, 7) is 0. The van der Waals surface area contributed by atoms with Crippen LogP contribution in [0.25, 0.3) is 64.9 Å². The van der Waals surface area contributed by atoms with Gasteiger partial charge in [0.2, 0.25) is 0 Å². The molecule has 0 spiro atoms. The van der Waals surface area contributed by atoms with Crippen LogP contribution in [0.15, 0.2) is 133 Å². The second-order valence-electron chi connectivity index (χ2n) is 9.43. The van der Waals surface area contributed by atoms with E-state index in [1.165, 1.54) is 44.3 Å². The molecule has 0 saturated carbocycles. The molecule has 180 valence electrons. The number of halogens is 1. The molecule has 0 unspecified atom stereocenters. The van der Waals surface area contributed by atoms with Crippen LogP contribution < -0.4 is 0 Å². The summed E-state index contributed by atoms with van der Waals surface area (Å²) in [5.41, 5.74) is 9.01. The predicted molar refractivity (Wildman–Crippen MR) is 159 cm³/mol. The molecule has 1 aromatic heterocycles. The Morgan fingerprint density at radius 3 is 1.45 bits per heavy atom. The Kier molecular flexibility index (Phi) is 5.57. The van der Waals surface area contributed by atoms with Crippen LogP contribution in [0.3, 0.4) is 0 Å². The van der Waals surface area contributed by atoms with Gasteiger partial charge in [0.05, 0.1) is 10.2 Å². The molecule has 0 bridgehead atoms. The van der Waals surface area contributed by atoms with Crippen molar-refractivity contribution in [2.24, 2.45) is 0 Å². The molecule has 1 heterocycles. The van der Waals surface area contributed by atoms with E-state index in [-0.39, 0.29) is 5.82 Å². The average molecular weight is 508 g/mol. The van der Waals surface area contributed by atoms with E-state index in [9.17, 15) is 4.39 Å². The van der Waals surface area contributed by atoms with Gasteiger partial charge in [-0.15, -0.1) is 11.3 Å². The summed E-state index contributed by atoms with van der Waals surface area (Å²) in [4.78, 5) is 4.79. The van der Waals surface area contributed by atoms with E-state index >= 15 is 0 Å². The third-order valence-corrected chi connectivity index (χ3v) is 8.08. The molecule has 0 N–H and O–H groups in total. The second kappa shape index (κ2) is 9.37. The van der Waals surface area contributed by atoms with Crippen molar-refractivity contribution in [2.75, 3.05) is 0 Å². The lowest BCUT2D eigenvalue weighted by Gasteiger charge is -2.09. The van der Waals surface area contributed by atoms with Crippen molar-refractivity contribution in [3.8, 4) is 44.0 Å². The molecule has 0 radical (unpaired) electrons. The maximum absolute atomic E-state index is 13.2. The van der Waals surface area contributed by atoms with Crippen molar-refractivity contribution in [3.63, 3.8) is 0 Å². The van der Waals surface area contributed by atoms with Crippen molar-refractivity contribution in [1.29, 1.82) is 0 Å². The molecule has 0 aliphatic rings. The van der Waals surface area contributed by atoms with Crippen LogP contribution in [-0.2, 0) is 0 Å². The quantitative estimate of drug-likeness (QED) is 0.231. The second-order valence-corrected chi connectivity index (χ2v) is 10.5. The van der Waals surface area contributed by atoms with Crippen molar-refractivity contribution in [3.05, 3.63) is 139 Å². The largest absolute Gasteiger partial charge is 0.236 e. The lowest BCUT2D eigenvalue weighted by atomic mass is 9.96. The Bertz CT molecular complexity index is 1870. The zero-order valence-electron chi connectivity index (χ0n) is 20.4. The lowest BCUT2D eigenvalue weighted by Crippen LogP contribution is -1.83. The highest BCUT2D eigenvalue weighted by molar-refractivity contribution is 7.21. The molecule has 0 aliphatic carbocycles. The first-order chi connectivity index (χ1) is 18.7. The van der Waals surface area contributed by atoms with Gasteiger partial charge in [-0.1, -0.05) is 97.1 Å². The van der Waals surface area contributed by atoms with E-state index in [4.69, 9.17) is 4.98 Å². The first kappa shape index (κ1) is 22.6. The fourth-order valence-electron chi connectivity index (χ4n) is 4.90. The molecule has 0 atom stereocenters. The molecule has 7 aromatic rings. The highest BCUT2D eigenvalue weighted by Gasteiger charge is 2.08. The van der Waals surface area contributed by atoms with Gasteiger partial charge in [-0.25, -0.2) is 9.37 Å². The monoisotopic (exact) mass is 507 g/mol. The van der Waals surface area contributed by atoms with E-state index in [2.05, 4.69) is 103 Å². The Morgan fingerprint density at radius 1 is 0.447 bits per heavy atom. The van der Waals surface area contributed by atoms with Crippen molar-refractivity contribution >= 4 is 32.3 Å². The topological polar surface area (TPSA) is 12.9 Å². The summed E-state index contributed by atoms with van der Waals surface area (Å²) >= 11 is 1.73. The minimum Gasteiger partial charge on any atom is -0.236 e. The number of nitrogens with zero attached hydrogens (tertiary/aromatic N) is 1. The van der Waals surface area contributed by atoms with Gasteiger partial charge in [0.15, 0.2) is 0 Å². The summed E-state index contributed by atoms with van der Waals surface area (Å²) in [5, 5.41) is 3.47. The normalized spacial score (nSPS) is 11.3. The molecule has 3 heteroatoms. The smallest absolute Gasteiger partial charge is 0.124 e. The highest BCUT2D eigenvalue weighted by Crippen LogP contribution is 2.33. The fourth-order valence-corrected chi connectivity index (χ4v) is 5.87. The van der Waals surface area contributed by atoms with Crippen LogP contribution in [-0.4, -0.2) is 4.98 Å². The van der Waals surface area contributed by atoms with Crippen molar-refractivity contribution < 1.29 is 4.39 Å². The third-order valence-electron chi connectivity index (χ3n) is 7.00. The van der Waals surface area contributed by atoms with Crippen LogP contribution >= 0.6 is 11.3 Å². The van der Waals surface area contributed by atoms with Crippen LogP contribution in [0.1, 0.15) is 0 Å².